The normalized spacial score (nSPS) is 20.7. The van der Waals surface area contributed by atoms with Crippen LogP contribution in [0.15, 0.2) is 18.2 Å². The number of carbonyl (C=O) groups excluding carboxylic acids is 3. The van der Waals surface area contributed by atoms with Crippen LogP contribution >= 0.6 is 0 Å². The number of hydrogen-bond donors (Lipinski definition) is 1. The molecule has 1 saturated heterocycles. The van der Waals surface area contributed by atoms with Gasteiger partial charge in [-0.15, -0.1) is 0 Å². The maximum atomic E-state index is 12.6. The van der Waals surface area contributed by atoms with E-state index in [1.807, 2.05) is 26.0 Å². The van der Waals surface area contributed by atoms with Crippen molar-refractivity contribution < 1.29 is 14.4 Å². The highest BCUT2D eigenvalue weighted by Crippen LogP contribution is 2.25. The minimum Gasteiger partial charge on any atom is -0.323 e. The Bertz CT molecular complexity index is 681. The number of urea groups is 1. The zero-order valence-electron chi connectivity index (χ0n) is 15.1. The zero-order chi connectivity index (χ0) is 18.1. The molecule has 2 rings (SSSR count). The lowest BCUT2D eigenvalue weighted by molar-refractivity contribution is -0.130. The predicted molar refractivity (Wildman–Crippen MR) is 93.0 cm³/mol. The van der Waals surface area contributed by atoms with Crippen molar-refractivity contribution >= 4 is 17.7 Å². The molecule has 1 heterocycles. The molecule has 5 heteroatoms. The first-order valence-corrected chi connectivity index (χ1v) is 8.38. The summed E-state index contributed by atoms with van der Waals surface area (Å²) in [4.78, 5) is 38.4. The molecule has 1 aliphatic rings. The molecule has 0 saturated carbocycles. The molecule has 0 unspecified atom stereocenters. The summed E-state index contributed by atoms with van der Waals surface area (Å²) in [7, 11) is 0. The number of hydrogen-bond acceptors (Lipinski definition) is 3. The van der Waals surface area contributed by atoms with Crippen molar-refractivity contribution in [1.82, 2.24) is 10.2 Å². The Labute approximate surface area is 143 Å². The van der Waals surface area contributed by atoms with E-state index in [1.54, 1.807) is 13.0 Å². The first-order valence-electron chi connectivity index (χ1n) is 8.38. The number of ketones is 1. The number of rotatable bonds is 6. The largest absolute Gasteiger partial charge is 0.325 e. The van der Waals surface area contributed by atoms with Crippen LogP contribution in [0.5, 0.6) is 0 Å². The van der Waals surface area contributed by atoms with Gasteiger partial charge in [0.25, 0.3) is 5.91 Å². The predicted octanol–water partition coefficient (Wildman–Crippen LogP) is 3.23. The van der Waals surface area contributed by atoms with Crippen LogP contribution < -0.4 is 5.32 Å². The first-order chi connectivity index (χ1) is 11.1. The Morgan fingerprint density at radius 2 is 1.92 bits per heavy atom. The van der Waals surface area contributed by atoms with Crippen LogP contribution in [0.3, 0.4) is 0 Å². The summed E-state index contributed by atoms with van der Waals surface area (Å²) >= 11 is 0. The molecule has 0 aliphatic carbocycles. The van der Waals surface area contributed by atoms with Crippen LogP contribution in [0.25, 0.3) is 0 Å². The molecule has 1 atom stereocenters. The Kier molecular flexibility index (Phi) is 5.11. The molecule has 1 aromatic rings. The van der Waals surface area contributed by atoms with Gasteiger partial charge in [-0.05, 0) is 45.1 Å². The monoisotopic (exact) mass is 330 g/mol. The maximum Gasteiger partial charge on any atom is 0.325 e. The van der Waals surface area contributed by atoms with E-state index in [0.717, 1.165) is 22.4 Å². The second-order valence-electron chi connectivity index (χ2n) is 7.33. The summed E-state index contributed by atoms with van der Waals surface area (Å²) in [5, 5.41) is 2.75. The van der Waals surface area contributed by atoms with Gasteiger partial charge in [-0.2, -0.15) is 0 Å². The first kappa shape index (κ1) is 18.2. The van der Waals surface area contributed by atoms with E-state index >= 15 is 0 Å². The summed E-state index contributed by atoms with van der Waals surface area (Å²) in [6, 6.07) is 5.05. The summed E-state index contributed by atoms with van der Waals surface area (Å²) in [5.41, 5.74) is 1.57. The number of Topliss-reactive ketones (excluding diaryl/α,β-unsaturated/α-hetero) is 1. The lowest BCUT2D eigenvalue weighted by Gasteiger charge is -2.22. The van der Waals surface area contributed by atoms with Crippen LogP contribution in [0.4, 0.5) is 4.79 Å². The number of imide groups is 1. The molecule has 0 aromatic heterocycles. The quantitative estimate of drug-likeness (QED) is 0.643. The molecule has 0 radical (unpaired) electrons. The molecule has 1 fully saturated rings. The van der Waals surface area contributed by atoms with Crippen molar-refractivity contribution in [2.45, 2.75) is 53.0 Å². The molecule has 24 heavy (non-hydrogen) atoms. The molecule has 5 nitrogen and oxygen atoms in total. The molecule has 0 bridgehead atoms. The van der Waals surface area contributed by atoms with Gasteiger partial charge in [0, 0.05) is 5.56 Å². The van der Waals surface area contributed by atoms with Crippen molar-refractivity contribution in [2.24, 2.45) is 5.92 Å². The number of amides is 3. The Morgan fingerprint density at radius 1 is 1.25 bits per heavy atom. The second-order valence-corrected chi connectivity index (χ2v) is 7.33. The molecule has 1 aliphatic heterocycles. The van der Waals surface area contributed by atoms with Crippen molar-refractivity contribution in [3.63, 3.8) is 0 Å². The van der Waals surface area contributed by atoms with Gasteiger partial charge < -0.3 is 5.32 Å². The summed E-state index contributed by atoms with van der Waals surface area (Å²) in [5.74, 6) is -0.0900. The van der Waals surface area contributed by atoms with E-state index < -0.39 is 11.6 Å². The lowest BCUT2D eigenvalue weighted by Crippen LogP contribution is -2.44. The fourth-order valence-corrected chi connectivity index (χ4v) is 2.99. The van der Waals surface area contributed by atoms with Crippen LogP contribution in [0.2, 0.25) is 0 Å². The number of benzene rings is 1. The van der Waals surface area contributed by atoms with Gasteiger partial charge in [-0.25, -0.2) is 4.79 Å². The van der Waals surface area contributed by atoms with Crippen LogP contribution in [0, 0.1) is 19.8 Å². The third-order valence-corrected chi connectivity index (χ3v) is 4.55. The summed E-state index contributed by atoms with van der Waals surface area (Å²) in [6.07, 6.45) is 1.41. The van der Waals surface area contributed by atoms with E-state index in [4.69, 9.17) is 0 Å². The Balaban J connectivity index is 2.13. The molecular weight excluding hydrogens is 304 g/mol. The topological polar surface area (TPSA) is 66.5 Å². The van der Waals surface area contributed by atoms with Crippen molar-refractivity contribution in [3.05, 3.63) is 34.9 Å². The minimum absolute atomic E-state index is 0.216. The van der Waals surface area contributed by atoms with Gasteiger partial charge in [-0.3, -0.25) is 14.5 Å². The highest BCUT2D eigenvalue weighted by molar-refractivity contribution is 6.11. The molecule has 1 aromatic carbocycles. The molecule has 0 spiro atoms. The van der Waals surface area contributed by atoms with E-state index in [0.29, 0.717) is 17.9 Å². The fraction of sp³-hybridized carbons (Fsp3) is 0.526. The van der Waals surface area contributed by atoms with Crippen LogP contribution in [-0.2, 0) is 4.79 Å². The molecule has 3 amide bonds. The second kappa shape index (κ2) is 6.75. The van der Waals surface area contributed by atoms with Gasteiger partial charge in [0.05, 0.1) is 6.54 Å². The van der Waals surface area contributed by atoms with Crippen molar-refractivity contribution in [3.8, 4) is 0 Å². The lowest BCUT2D eigenvalue weighted by atomic mass is 9.92. The van der Waals surface area contributed by atoms with E-state index in [2.05, 4.69) is 19.2 Å². The smallest absolute Gasteiger partial charge is 0.323 e. The van der Waals surface area contributed by atoms with Gasteiger partial charge in [0.2, 0.25) is 0 Å². The van der Waals surface area contributed by atoms with Gasteiger partial charge in [-0.1, -0.05) is 37.6 Å². The van der Waals surface area contributed by atoms with E-state index in [9.17, 15) is 14.4 Å². The van der Waals surface area contributed by atoms with Gasteiger partial charge in [0.15, 0.2) is 5.78 Å². The number of nitrogens with zero attached hydrogens (tertiary/aromatic N) is 1. The standard InChI is InChI=1S/C19H26N2O3/c1-12(2)8-9-19(5)17(23)21(18(24)20-19)11-16(22)15-7-6-13(3)10-14(15)4/h6-7,10,12H,8-9,11H2,1-5H3,(H,20,24)/t19-/m0/s1. The van der Waals surface area contributed by atoms with Crippen molar-refractivity contribution in [2.75, 3.05) is 6.54 Å². The molecule has 130 valence electrons. The number of carbonyl (C=O) groups is 3. The average molecular weight is 330 g/mol. The average Bonchev–Trinajstić information content (AvgIpc) is 2.69. The van der Waals surface area contributed by atoms with E-state index in [1.165, 1.54) is 0 Å². The molecule has 1 N–H and O–H groups in total. The SMILES string of the molecule is Cc1ccc(C(=O)CN2C(=O)N[C@@](C)(CCC(C)C)C2=O)c(C)c1. The zero-order valence-corrected chi connectivity index (χ0v) is 15.1. The Morgan fingerprint density at radius 3 is 2.50 bits per heavy atom. The Hall–Kier alpha value is -2.17. The van der Waals surface area contributed by atoms with Crippen LogP contribution in [0.1, 0.15) is 55.1 Å². The summed E-state index contributed by atoms with van der Waals surface area (Å²) in [6.45, 7) is 9.49. The number of nitrogens with one attached hydrogen (secondary N) is 1. The minimum atomic E-state index is -0.913. The third-order valence-electron chi connectivity index (χ3n) is 4.55. The fourth-order valence-electron chi connectivity index (χ4n) is 2.99. The third kappa shape index (κ3) is 3.66. The highest BCUT2D eigenvalue weighted by Gasteiger charge is 2.47. The maximum absolute atomic E-state index is 12.6. The van der Waals surface area contributed by atoms with Crippen molar-refractivity contribution in [1.29, 1.82) is 0 Å². The molecular formula is C19H26N2O3. The highest BCUT2D eigenvalue weighted by atomic mass is 16.2. The van der Waals surface area contributed by atoms with Gasteiger partial charge in [0.1, 0.15) is 5.54 Å². The number of aryl methyl sites for hydroxylation is 2. The van der Waals surface area contributed by atoms with Crippen LogP contribution in [-0.4, -0.2) is 34.7 Å². The van der Waals surface area contributed by atoms with Gasteiger partial charge >= 0.3 is 6.03 Å². The van der Waals surface area contributed by atoms with E-state index in [-0.39, 0.29) is 18.2 Å². The summed E-state index contributed by atoms with van der Waals surface area (Å²) < 4.78 is 0.